The molecule has 0 fully saturated rings. The average molecular weight is 228 g/mol. The van der Waals surface area contributed by atoms with E-state index in [1.54, 1.807) is 0 Å². The molecular weight excluding hydrogens is 210 g/mol. The van der Waals surface area contributed by atoms with Gasteiger partial charge in [0.05, 0.1) is 5.69 Å². The Morgan fingerprint density at radius 3 is 2.81 bits per heavy atom. The molecule has 1 unspecified atom stereocenters. The third-order valence-electron chi connectivity index (χ3n) is 2.41. The average Bonchev–Trinajstić information content (AvgIpc) is 2.27. The number of unbranched alkanes of at least 4 members (excludes halogenated alkanes) is 1. The van der Waals surface area contributed by atoms with Crippen LogP contribution >= 0.6 is 0 Å². The first-order chi connectivity index (χ1) is 7.63. The Morgan fingerprint density at radius 2 is 2.12 bits per heavy atom. The van der Waals surface area contributed by atoms with Gasteiger partial charge in [0.15, 0.2) is 0 Å². The molecule has 1 rings (SSSR count). The Balaban J connectivity index is 2.44. The van der Waals surface area contributed by atoms with E-state index in [-0.39, 0.29) is 11.7 Å². The second-order valence-corrected chi connectivity index (χ2v) is 3.91. The maximum atomic E-state index is 13.2. The van der Waals surface area contributed by atoms with Gasteiger partial charge >= 0.3 is 0 Å². The lowest BCUT2D eigenvalue weighted by Gasteiger charge is -2.13. The van der Waals surface area contributed by atoms with Crippen LogP contribution in [0.4, 0.5) is 14.5 Å². The zero-order chi connectivity index (χ0) is 12.0. The molecule has 0 saturated heterocycles. The number of halogens is 2. The van der Waals surface area contributed by atoms with Crippen LogP contribution in [0, 0.1) is 11.6 Å². The third-order valence-corrected chi connectivity index (χ3v) is 2.41. The minimum absolute atomic E-state index is 0.0254. The van der Waals surface area contributed by atoms with Crippen LogP contribution in [0.3, 0.4) is 0 Å². The van der Waals surface area contributed by atoms with Gasteiger partial charge in [-0.3, -0.25) is 0 Å². The van der Waals surface area contributed by atoms with Crippen molar-refractivity contribution >= 4 is 5.69 Å². The SMILES string of the molecule is CCCCC(N)CNc1cc(F)ccc1F. The molecule has 2 nitrogen and oxygen atoms in total. The van der Waals surface area contributed by atoms with Crippen LogP contribution in [0.5, 0.6) is 0 Å². The summed E-state index contributed by atoms with van der Waals surface area (Å²) in [5.41, 5.74) is 5.99. The van der Waals surface area contributed by atoms with Gasteiger partial charge in [-0.15, -0.1) is 0 Å². The molecule has 90 valence electrons. The molecule has 0 aliphatic rings. The Labute approximate surface area is 94.8 Å². The molecule has 3 N–H and O–H groups in total. The monoisotopic (exact) mass is 228 g/mol. The van der Waals surface area contributed by atoms with Gasteiger partial charge in [0.2, 0.25) is 0 Å². The van der Waals surface area contributed by atoms with E-state index in [4.69, 9.17) is 5.73 Å². The number of rotatable bonds is 6. The minimum atomic E-state index is -0.455. The van der Waals surface area contributed by atoms with Crippen LogP contribution in [-0.4, -0.2) is 12.6 Å². The van der Waals surface area contributed by atoms with E-state index in [1.165, 1.54) is 0 Å². The van der Waals surface area contributed by atoms with E-state index >= 15 is 0 Å². The lowest BCUT2D eigenvalue weighted by atomic mass is 10.1. The van der Waals surface area contributed by atoms with Gasteiger partial charge < -0.3 is 11.1 Å². The van der Waals surface area contributed by atoms with Crippen LogP contribution < -0.4 is 11.1 Å². The van der Waals surface area contributed by atoms with Gasteiger partial charge in [-0.2, -0.15) is 0 Å². The highest BCUT2D eigenvalue weighted by molar-refractivity contribution is 5.44. The number of nitrogens with one attached hydrogen (secondary N) is 1. The molecule has 0 radical (unpaired) electrons. The van der Waals surface area contributed by atoms with E-state index in [1.807, 2.05) is 0 Å². The quantitative estimate of drug-likeness (QED) is 0.785. The zero-order valence-corrected chi connectivity index (χ0v) is 9.47. The molecule has 16 heavy (non-hydrogen) atoms. The summed E-state index contributed by atoms with van der Waals surface area (Å²) in [4.78, 5) is 0. The number of hydrogen-bond acceptors (Lipinski definition) is 2. The van der Waals surface area contributed by atoms with Crippen LogP contribution in [0.2, 0.25) is 0 Å². The molecule has 0 bridgehead atoms. The van der Waals surface area contributed by atoms with Crippen LogP contribution in [0.15, 0.2) is 18.2 Å². The molecule has 0 aliphatic carbocycles. The smallest absolute Gasteiger partial charge is 0.146 e. The van der Waals surface area contributed by atoms with Crippen LogP contribution in [0.1, 0.15) is 26.2 Å². The van der Waals surface area contributed by atoms with Crippen molar-refractivity contribution in [3.8, 4) is 0 Å². The summed E-state index contributed by atoms with van der Waals surface area (Å²) < 4.78 is 26.0. The normalized spacial score (nSPS) is 12.5. The van der Waals surface area contributed by atoms with Crippen molar-refractivity contribution in [3.05, 3.63) is 29.8 Å². The molecule has 0 spiro atoms. The largest absolute Gasteiger partial charge is 0.381 e. The van der Waals surface area contributed by atoms with Crippen molar-refractivity contribution in [2.45, 2.75) is 32.2 Å². The first kappa shape index (κ1) is 12.9. The highest BCUT2D eigenvalue weighted by Gasteiger charge is 2.06. The molecule has 1 aromatic carbocycles. The maximum absolute atomic E-state index is 13.2. The van der Waals surface area contributed by atoms with Crippen molar-refractivity contribution in [1.82, 2.24) is 0 Å². The molecule has 0 aliphatic heterocycles. The van der Waals surface area contributed by atoms with Crippen molar-refractivity contribution in [3.63, 3.8) is 0 Å². The highest BCUT2D eigenvalue weighted by Crippen LogP contribution is 2.15. The second kappa shape index (κ2) is 6.43. The van der Waals surface area contributed by atoms with E-state index in [0.717, 1.165) is 37.5 Å². The van der Waals surface area contributed by atoms with E-state index in [9.17, 15) is 8.78 Å². The first-order valence-corrected chi connectivity index (χ1v) is 5.58. The number of nitrogens with two attached hydrogens (primary N) is 1. The Bertz CT molecular complexity index is 329. The van der Waals surface area contributed by atoms with E-state index in [2.05, 4.69) is 12.2 Å². The van der Waals surface area contributed by atoms with Crippen LogP contribution in [-0.2, 0) is 0 Å². The fourth-order valence-corrected chi connectivity index (χ4v) is 1.44. The Hall–Kier alpha value is -1.16. The lowest BCUT2D eigenvalue weighted by molar-refractivity contribution is 0.584. The van der Waals surface area contributed by atoms with Crippen molar-refractivity contribution < 1.29 is 8.78 Å². The predicted octanol–water partition coefficient (Wildman–Crippen LogP) is 2.89. The highest BCUT2D eigenvalue weighted by atomic mass is 19.1. The maximum Gasteiger partial charge on any atom is 0.146 e. The zero-order valence-electron chi connectivity index (χ0n) is 9.47. The molecular formula is C12H18F2N2. The lowest BCUT2D eigenvalue weighted by Crippen LogP contribution is -2.29. The fraction of sp³-hybridized carbons (Fsp3) is 0.500. The summed E-state index contributed by atoms with van der Waals surface area (Å²) >= 11 is 0. The standard InChI is InChI=1S/C12H18F2N2/c1-2-3-4-10(15)8-16-12-7-9(13)5-6-11(12)14/h5-7,10,16H,2-4,8,15H2,1H3. The van der Waals surface area contributed by atoms with E-state index in [0.29, 0.717) is 6.54 Å². The van der Waals surface area contributed by atoms with Crippen LogP contribution in [0.25, 0.3) is 0 Å². The van der Waals surface area contributed by atoms with Gasteiger partial charge in [0.1, 0.15) is 11.6 Å². The summed E-state index contributed by atoms with van der Waals surface area (Å²) in [5.74, 6) is -0.907. The summed E-state index contributed by atoms with van der Waals surface area (Å²) in [5, 5.41) is 2.82. The second-order valence-electron chi connectivity index (χ2n) is 3.91. The summed E-state index contributed by atoms with van der Waals surface area (Å²) in [7, 11) is 0. The predicted molar refractivity (Wildman–Crippen MR) is 62.3 cm³/mol. The number of anilines is 1. The molecule has 4 heteroatoms. The Morgan fingerprint density at radius 1 is 1.38 bits per heavy atom. The van der Waals surface area contributed by atoms with Gasteiger partial charge in [0, 0.05) is 12.6 Å². The topological polar surface area (TPSA) is 38.0 Å². The number of hydrogen-bond donors (Lipinski definition) is 2. The van der Waals surface area contributed by atoms with E-state index < -0.39 is 11.6 Å². The van der Waals surface area contributed by atoms with Gasteiger partial charge in [-0.05, 0) is 24.6 Å². The van der Waals surface area contributed by atoms with Gasteiger partial charge in [-0.25, -0.2) is 8.78 Å². The summed E-state index contributed by atoms with van der Waals surface area (Å²) in [6.07, 6.45) is 3.02. The van der Waals surface area contributed by atoms with Gasteiger partial charge in [-0.1, -0.05) is 19.8 Å². The number of benzene rings is 1. The third kappa shape index (κ3) is 4.14. The molecule has 0 aromatic heterocycles. The summed E-state index contributed by atoms with van der Waals surface area (Å²) in [6, 6.07) is 3.32. The van der Waals surface area contributed by atoms with Gasteiger partial charge in [0.25, 0.3) is 0 Å². The van der Waals surface area contributed by atoms with Crippen molar-refractivity contribution in [2.24, 2.45) is 5.73 Å². The van der Waals surface area contributed by atoms with Crippen molar-refractivity contribution in [2.75, 3.05) is 11.9 Å². The Kier molecular flexibility index (Phi) is 5.19. The molecule has 1 aromatic rings. The summed E-state index contributed by atoms with van der Waals surface area (Å²) in [6.45, 7) is 2.55. The minimum Gasteiger partial charge on any atom is -0.381 e. The van der Waals surface area contributed by atoms with Crippen molar-refractivity contribution in [1.29, 1.82) is 0 Å². The molecule has 0 amide bonds. The fourth-order valence-electron chi connectivity index (χ4n) is 1.44. The molecule has 0 heterocycles. The first-order valence-electron chi connectivity index (χ1n) is 5.58. The molecule has 1 atom stereocenters. The molecule has 0 saturated carbocycles.